The van der Waals surface area contributed by atoms with Crippen molar-refractivity contribution in [1.29, 1.82) is 0 Å². The van der Waals surface area contributed by atoms with Gasteiger partial charge in [-0.25, -0.2) is 4.98 Å². The normalized spacial score (nSPS) is 10.5. The summed E-state index contributed by atoms with van der Waals surface area (Å²) in [7, 11) is 1.57. The van der Waals surface area contributed by atoms with E-state index in [9.17, 15) is 9.59 Å². The molecular formula is C23H25N3O3S. The lowest BCUT2D eigenvalue weighted by Gasteiger charge is -2.20. The van der Waals surface area contributed by atoms with Gasteiger partial charge in [-0.2, -0.15) is 0 Å². The molecule has 7 heteroatoms. The molecule has 1 heterocycles. The summed E-state index contributed by atoms with van der Waals surface area (Å²) in [5.41, 5.74) is 3.56. The molecule has 30 heavy (non-hydrogen) atoms. The van der Waals surface area contributed by atoms with Crippen LogP contribution in [0.25, 0.3) is 10.6 Å². The van der Waals surface area contributed by atoms with Crippen LogP contribution in [0.4, 0.5) is 5.69 Å². The molecule has 0 bridgehead atoms. The topological polar surface area (TPSA) is 71.5 Å². The molecule has 0 radical (unpaired) electrons. The minimum Gasteiger partial charge on any atom is -0.497 e. The maximum Gasteiger partial charge on any atom is 0.243 e. The molecule has 1 N–H and O–H groups in total. The fourth-order valence-corrected chi connectivity index (χ4v) is 3.83. The van der Waals surface area contributed by atoms with E-state index in [0.29, 0.717) is 23.7 Å². The van der Waals surface area contributed by atoms with E-state index in [2.05, 4.69) is 16.4 Å². The van der Waals surface area contributed by atoms with Crippen LogP contribution in [0.2, 0.25) is 0 Å². The first kappa shape index (κ1) is 21.5. The molecule has 0 aliphatic carbocycles. The van der Waals surface area contributed by atoms with E-state index >= 15 is 0 Å². The summed E-state index contributed by atoms with van der Waals surface area (Å²) in [6.07, 6.45) is 0.169. The predicted octanol–water partition coefficient (Wildman–Crippen LogP) is 4.16. The van der Waals surface area contributed by atoms with Crippen molar-refractivity contribution in [2.24, 2.45) is 0 Å². The molecule has 0 aliphatic rings. The van der Waals surface area contributed by atoms with Crippen molar-refractivity contribution in [3.05, 3.63) is 65.2 Å². The molecule has 0 aliphatic heterocycles. The lowest BCUT2D eigenvalue weighted by atomic mass is 10.1. The number of aryl methyl sites for hydroxylation is 1. The van der Waals surface area contributed by atoms with E-state index in [1.807, 2.05) is 37.4 Å². The first-order chi connectivity index (χ1) is 14.5. The van der Waals surface area contributed by atoms with Crippen molar-refractivity contribution in [2.45, 2.75) is 20.3 Å². The van der Waals surface area contributed by atoms with Crippen molar-refractivity contribution < 1.29 is 14.3 Å². The number of amides is 2. The molecule has 0 atom stereocenters. The molecule has 0 unspecified atom stereocenters. The number of carbonyl (C=O) groups is 2. The number of aromatic nitrogens is 1. The van der Waals surface area contributed by atoms with E-state index in [1.54, 1.807) is 31.4 Å². The highest BCUT2D eigenvalue weighted by Gasteiger charge is 2.18. The quantitative estimate of drug-likeness (QED) is 0.591. The molecule has 0 saturated heterocycles. The Labute approximate surface area is 180 Å². The number of anilines is 1. The number of hydrogen-bond donors (Lipinski definition) is 1. The summed E-state index contributed by atoms with van der Waals surface area (Å²) in [6.45, 7) is 4.33. The van der Waals surface area contributed by atoms with Crippen LogP contribution < -0.4 is 10.1 Å². The maximum atomic E-state index is 12.7. The van der Waals surface area contributed by atoms with Crippen LogP contribution in [-0.4, -0.2) is 41.9 Å². The van der Waals surface area contributed by atoms with Gasteiger partial charge in [0.25, 0.3) is 0 Å². The first-order valence-electron chi connectivity index (χ1n) is 9.71. The summed E-state index contributed by atoms with van der Waals surface area (Å²) in [5, 5.41) is 5.60. The van der Waals surface area contributed by atoms with Crippen LogP contribution in [0, 0.1) is 6.92 Å². The zero-order valence-corrected chi connectivity index (χ0v) is 18.2. The number of methoxy groups -OCH3 is 1. The van der Waals surface area contributed by atoms with Crippen molar-refractivity contribution in [1.82, 2.24) is 9.88 Å². The Kier molecular flexibility index (Phi) is 7.19. The second-order valence-electron chi connectivity index (χ2n) is 6.88. The van der Waals surface area contributed by atoms with Gasteiger partial charge in [-0.3, -0.25) is 9.59 Å². The number of likely N-dealkylation sites (N-methyl/N-ethyl adjacent to an activating group) is 1. The van der Waals surface area contributed by atoms with Crippen LogP contribution in [0.1, 0.15) is 18.2 Å². The number of ether oxygens (including phenoxy) is 1. The van der Waals surface area contributed by atoms with Crippen LogP contribution in [0.15, 0.2) is 53.9 Å². The lowest BCUT2D eigenvalue weighted by Crippen LogP contribution is -2.38. The molecule has 1 aromatic heterocycles. The van der Waals surface area contributed by atoms with Gasteiger partial charge >= 0.3 is 0 Å². The highest BCUT2D eigenvalue weighted by Crippen LogP contribution is 2.25. The smallest absolute Gasteiger partial charge is 0.243 e. The van der Waals surface area contributed by atoms with Crippen LogP contribution in [0.3, 0.4) is 0 Å². The molecule has 0 fully saturated rings. The minimum absolute atomic E-state index is 0.0125. The molecular weight excluding hydrogens is 398 g/mol. The van der Waals surface area contributed by atoms with Crippen LogP contribution >= 0.6 is 11.3 Å². The van der Waals surface area contributed by atoms with Gasteiger partial charge in [0.15, 0.2) is 0 Å². The fourth-order valence-electron chi connectivity index (χ4n) is 3.02. The van der Waals surface area contributed by atoms with Gasteiger partial charge in [0.1, 0.15) is 10.8 Å². The van der Waals surface area contributed by atoms with E-state index in [-0.39, 0.29) is 24.8 Å². The van der Waals surface area contributed by atoms with Gasteiger partial charge in [-0.1, -0.05) is 29.8 Å². The Morgan fingerprint density at radius 2 is 1.97 bits per heavy atom. The number of nitrogens with zero attached hydrogens (tertiary/aromatic N) is 2. The second kappa shape index (κ2) is 10.0. The maximum absolute atomic E-state index is 12.7. The molecule has 6 nitrogen and oxygen atoms in total. The minimum atomic E-state index is -0.253. The van der Waals surface area contributed by atoms with Gasteiger partial charge in [0.2, 0.25) is 11.8 Å². The van der Waals surface area contributed by atoms with Crippen LogP contribution in [0.5, 0.6) is 5.75 Å². The third-order valence-corrected chi connectivity index (χ3v) is 5.51. The highest BCUT2D eigenvalue weighted by atomic mass is 32.1. The number of thiazole rings is 1. The Bertz CT molecular complexity index is 1030. The lowest BCUT2D eigenvalue weighted by molar-refractivity contribution is -0.133. The predicted molar refractivity (Wildman–Crippen MR) is 120 cm³/mol. The molecule has 3 rings (SSSR count). The molecule has 0 saturated carbocycles. The molecule has 2 aromatic carbocycles. The summed E-state index contributed by atoms with van der Waals surface area (Å²) in [4.78, 5) is 31.3. The zero-order valence-electron chi connectivity index (χ0n) is 17.3. The SMILES string of the molecule is CCN(CC(=O)Nc1cccc(OC)c1)C(=O)Cc1csc(-c2cccc(C)c2)n1. The van der Waals surface area contributed by atoms with Gasteiger partial charge in [-0.15, -0.1) is 11.3 Å². The molecule has 2 amide bonds. The third-order valence-electron chi connectivity index (χ3n) is 4.57. The number of carbonyl (C=O) groups excluding carboxylic acids is 2. The Morgan fingerprint density at radius 1 is 1.17 bits per heavy atom. The van der Waals surface area contributed by atoms with E-state index in [4.69, 9.17) is 4.74 Å². The van der Waals surface area contributed by atoms with E-state index in [1.165, 1.54) is 21.8 Å². The van der Waals surface area contributed by atoms with E-state index < -0.39 is 0 Å². The summed E-state index contributed by atoms with van der Waals surface area (Å²) in [6, 6.07) is 15.2. The van der Waals surface area contributed by atoms with Crippen LogP contribution in [-0.2, 0) is 16.0 Å². The standard InChI is InChI=1S/C23H25N3O3S/c1-4-26(14-21(27)24-18-9-6-10-20(12-18)29-3)22(28)13-19-15-30-23(25-19)17-8-5-7-16(2)11-17/h5-12,15H,4,13-14H2,1-3H3,(H,24,27). The van der Waals surface area contributed by atoms with Gasteiger partial charge < -0.3 is 15.0 Å². The Hall–Kier alpha value is -3.19. The largest absolute Gasteiger partial charge is 0.497 e. The van der Waals surface area contributed by atoms with Gasteiger partial charge in [0, 0.05) is 29.2 Å². The molecule has 156 valence electrons. The number of benzene rings is 2. The molecule has 3 aromatic rings. The summed E-state index contributed by atoms with van der Waals surface area (Å²) in [5.74, 6) is 0.278. The average molecular weight is 424 g/mol. The number of rotatable bonds is 8. The number of hydrogen-bond acceptors (Lipinski definition) is 5. The summed E-state index contributed by atoms with van der Waals surface area (Å²) < 4.78 is 5.16. The number of nitrogens with one attached hydrogen (secondary N) is 1. The van der Waals surface area contributed by atoms with Gasteiger partial charge in [-0.05, 0) is 32.0 Å². The Morgan fingerprint density at radius 3 is 2.70 bits per heavy atom. The van der Waals surface area contributed by atoms with Crippen molar-refractivity contribution >= 4 is 28.8 Å². The first-order valence-corrected chi connectivity index (χ1v) is 10.6. The van der Waals surface area contributed by atoms with Crippen molar-refractivity contribution in [2.75, 3.05) is 25.5 Å². The average Bonchev–Trinajstić information content (AvgIpc) is 3.20. The van der Waals surface area contributed by atoms with Crippen molar-refractivity contribution in [3.8, 4) is 16.3 Å². The second-order valence-corrected chi connectivity index (χ2v) is 7.74. The highest BCUT2D eigenvalue weighted by molar-refractivity contribution is 7.13. The fraction of sp³-hybridized carbons (Fsp3) is 0.261. The zero-order chi connectivity index (χ0) is 21.5. The summed E-state index contributed by atoms with van der Waals surface area (Å²) >= 11 is 1.52. The van der Waals surface area contributed by atoms with E-state index in [0.717, 1.165) is 10.6 Å². The monoisotopic (exact) mass is 423 g/mol. The third kappa shape index (κ3) is 5.67. The molecule has 0 spiro atoms. The Balaban J connectivity index is 1.60. The van der Waals surface area contributed by atoms with Gasteiger partial charge in [0.05, 0.1) is 25.8 Å². The van der Waals surface area contributed by atoms with Crippen molar-refractivity contribution in [3.63, 3.8) is 0 Å².